The summed E-state index contributed by atoms with van der Waals surface area (Å²) in [7, 11) is -2.05. The minimum absolute atomic E-state index is 0. The molecule has 6 nitrogen and oxygen atoms in total. The van der Waals surface area contributed by atoms with Crippen LogP contribution in [0.3, 0.4) is 0 Å². The van der Waals surface area contributed by atoms with Crippen molar-refractivity contribution in [2.24, 2.45) is 0 Å². The van der Waals surface area contributed by atoms with Crippen LogP contribution in [0, 0.1) is 0 Å². The van der Waals surface area contributed by atoms with Gasteiger partial charge in [0, 0.05) is 30.1 Å². The number of nitrogens with one attached hydrogen (secondary N) is 2. The summed E-state index contributed by atoms with van der Waals surface area (Å²) in [5.74, 6) is 0.724. The van der Waals surface area contributed by atoms with Crippen LogP contribution in [0.25, 0.3) is 21.7 Å². The molecule has 8 heteroatoms. The lowest BCUT2D eigenvalue weighted by Crippen LogP contribution is -2.31. The summed E-state index contributed by atoms with van der Waals surface area (Å²) in [4.78, 5) is 0.300. The third-order valence-electron chi connectivity index (χ3n) is 6.67. The van der Waals surface area contributed by atoms with Gasteiger partial charge in [-0.2, -0.15) is 0 Å². The first-order valence-electron chi connectivity index (χ1n) is 12.0. The lowest BCUT2D eigenvalue weighted by molar-refractivity contribution is 0.415. The van der Waals surface area contributed by atoms with E-state index in [1.165, 1.54) is 22.9 Å². The Labute approximate surface area is 213 Å². The molecular formula is C27H32ClN3O3S. The quantitative estimate of drug-likeness (QED) is 0.302. The van der Waals surface area contributed by atoms with Crippen molar-refractivity contribution in [3.8, 4) is 5.75 Å². The zero-order valence-corrected chi connectivity index (χ0v) is 21.8. The second kappa shape index (κ2) is 10.5. The molecule has 0 saturated carbocycles. The number of halogens is 1. The molecule has 0 unspecified atom stereocenters. The van der Waals surface area contributed by atoms with Crippen LogP contribution in [0.4, 0.5) is 0 Å². The van der Waals surface area contributed by atoms with Gasteiger partial charge in [-0.05, 0) is 78.1 Å². The lowest BCUT2D eigenvalue weighted by atomic mass is 9.93. The fourth-order valence-corrected chi connectivity index (χ4v) is 6.33. The van der Waals surface area contributed by atoms with Crippen LogP contribution in [0.2, 0.25) is 0 Å². The summed E-state index contributed by atoms with van der Waals surface area (Å²) in [6.45, 7) is 2.88. The minimum Gasteiger partial charge on any atom is -0.497 e. The van der Waals surface area contributed by atoms with E-state index in [2.05, 4.69) is 41.5 Å². The fraction of sp³-hybridized carbons (Fsp3) is 0.333. The van der Waals surface area contributed by atoms with E-state index >= 15 is 0 Å². The molecule has 3 aromatic carbocycles. The highest BCUT2D eigenvalue weighted by Crippen LogP contribution is 2.31. The predicted molar refractivity (Wildman–Crippen MR) is 145 cm³/mol. The maximum absolute atomic E-state index is 13.2. The summed E-state index contributed by atoms with van der Waals surface area (Å²) in [5.41, 5.74) is 8.41. The Kier molecular flexibility index (Phi) is 7.59. The van der Waals surface area contributed by atoms with Crippen LogP contribution in [0.15, 0.2) is 59.6 Å². The van der Waals surface area contributed by atoms with Crippen LogP contribution in [0.1, 0.15) is 36.5 Å². The minimum atomic E-state index is -3.67. The highest BCUT2D eigenvalue weighted by atomic mass is 35.5. The van der Waals surface area contributed by atoms with Crippen molar-refractivity contribution in [2.45, 2.75) is 43.9 Å². The first-order valence-corrected chi connectivity index (χ1v) is 13.4. The highest BCUT2D eigenvalue weighted by Gasteiger charge is 2.19. The maximum atomic E-state index is 13.2. The predicted octanol–water partition coefficient (Wildman–Crippen LogP) is 5.19. The number of methoxy groups -OCH3 is 1. The third-order valence-corrected chi connectivity index (χ3v) is 8.19. The van der Waals surface area contributed by atoms with Gasteiger partial charge in [0.05, 0.1) is 17.5 Å². The number of ether oxygens (including phenoxy) is 1. The topological polar surface area (TPSA) is 72.4 Å². The third kappa shape index (κ3) is 4.85. The van der Waals surface area contributed by atoms with Crippen molar-refractivity contribution in [1.82, 2.24) is 9.40 Å². The molecule has 0 spiro atoms. The Balaban J connectivity index is 0.00000289. The Morgan fingerprint density at radius 1 is 1.00 bits per heavy atom. The molecule has 0 bridgehead atoms. The van der Waals surface area contributed by atoms with Crippen LogP contribution >= 0.6 is 12.4 Å². The molecule has 0 saturated heterocycles. The Morgan fingerprint density at radius 2 is 1.83 bits per heavy atom. The van der Waals surface area contributed by atoms with Crippen LogP contribution < -0.4 is 14.9 Å². The molecule has 0 radical (unpaired) electrons. The van der Waals surface area contributed by atoms with Gasteiger partial charge in [-0.25, -0.2) is 13.1 Å². The van der Waals surface area contributed by atoms with E-state index in [4.69, 9.17) is 4.74 Å². The number of fused-ring (bicyclic) bond motifs is 1. The van der Waals surface area contributed by atoms with Gasteiger partial charge in [0.15, 0.2) is 0 Å². The summed E-state index contributed by atoms with van der Waals surface area (Å²) in [5, 5.41) is 2.99. The standard InChI is InChI=1S/C27H31N3O3S.ClH/c1-3-6-19-11-14-26(23-13-12-22(33-2)17-24(19)23)34(31,32)29-16-15-28-30-18-21-9-4-7-20-8-5-10-25(30)27(20)21;/h5,8,10-14,17-18,28-29H,3-4,6-7,9,15-16H2,1-2H3;1H. The van der Waals surface area contributed by atoms with E-state index in [-0.39, 0.29) is 19.0 Å². The number of aromatic nitrogens is 1. The Hall–Kier alpha value is -2.74. The van der Waals surface area contributed by atoms with Crippen LogP contribution in [-0.4, -0.2) is 33.3 Å². The first kappa shape index (κ1) is 25.4. The molecule has 5 rings (SSSR count). The molecule has 1 heterocycles. The number of hydrogen-bond acceptors (Lipinski definition) is 4. The SMILES string of the molecule is CCCc1ccc(S(=O)(=O)NCCNn2cc3c4c(cccc42)CCC3)c2ccc(OC)cc12.Cl. The van der Waals surface area contributed by atoms with Gasteiger partial charge in [-0.3, -0.25) is 4.68 Å². The number of sulfonamides is 1. The molecule has 0 aliphatic heterocycles. The number of hydrogen-bond donors (Lipinski definition) is 2. The van der Waals surface area contributed by atoms with E-state index in [0.29, 0.717) is 11.4 Å². The van der Waals surface area contributed by atoms with E-state index in [9.17, 15) is 8.42 Å². The van der Waals surface area contributed by atoms with Crippen LogP contribution in [0.5, 0.6) is 5.75 Å². The molecule has 186 valence electrons. The van der Waals surface area contributed by atoms with Gasteiger partial charge < -0.3 is 10.2 Å². The van der Waals surface area contributed by atoms with Gasteiger partial charge in [0.25, 0.3) is 0 Å². The molecule has 0 fully saturated rings. The van der Waals surface area contributed by atoms with E-state index in [1.54, 1.807) is 13.2 Å². The fourth-order valence-electron chi connectivity index (χ4n) is 5.09. The second-order valence-corrected chi connectivity index (χ2v) is 10.6. The largest absolute Gasteiger partial charge is 0.497 e. The summed E-state index contributed by atoms with van der Waals surface area (Å²) in [6.07, 6.45) is 7.39. The zero-order chi connectivity index (χ0) is 23.7. The average molecular weight is 514 g/mol. The lowest BCUT2D eigenvalue weighted by Gasteiger charge is -2.14. The van der Waals surface area contributed by atoms with Crippen molar-refractivity contribution in [1.29, 1.82) is 0 Å². The molecule has 0 amide bonds. The maximum Gasteiger partial charge on any atom is 0.241 e. The molecule has 2 N–H and O–H groups in total. The molecule has 0 atom stereocenters. The van der Waals surface area contributed by atoms with Gasteiger partial charge in [-0.15, -0.1) is 12.4 Å². The molecular weight excluding hydrogens is 482 g/mol. The van der Waals surface area contributed by atoms with Crippen molar-refractivity contribution >= 4 is 44.1 Å². The average Bonchev–Trinajstić information content (AvgIpc) is 3.21. The number of rotatable bonds is 9. The van der Waals surface area contributed by atoms with E-state index < -0.39 is 10.0 Å². The van der Waals surface area contributed by atoms with E-state index in [0.717, 1.165) is 53.3 Å². The number of aryl methyl sites for hydroxylation is 3. The van der Waals surface area contributed by atoms with Crippen molar-refractivity contribution in [2.75, 3.05) is 25.6 Å². The molecule has 35 heavy (non-hydrogen) atoms. The molecule has 1 aliphatic carbocycles. The molecule has 4 aromatic rings. The number of nitrogens with zero attached hydrogens (tertiary/aromatic N) is 1. The zero-order valence-electron chi connectivity index (χ0n) is 20.1. The van der Waals surface area contributed by atoms with Crippen molar-refractivity contribution in [3.63, 3.8) is 0 Å². The van der Waals surface area contributed by atoms with Gasteiger partial charge >= 0.3 is 0 Å². The van der Waals surface area contributed by atoms with E-state index in [1.807, 2.05) is 28.9 Å². The van der Waals surface area contributed by atoms with Gasteiger partial charge in [-0.1, -0.05) is 31.5 Å². The number of benzene rings is 3. The van der Waals surface area contributed by atoms with Crippen molar-refractivity contribution in [3.05, 3.63) is 71.4 Å². The Bertz CT molecular complexity index is 1460. The molecule has 1 aromatic heterocycles. The van der Waals surface area contributed by atoms with Crippen molar-refractivity contribution < 1.29 is 13.2 Å². The smallest absolute Gasteiger partial charge is 0.241 e. The summed E-state index contributed by atoms with van der Waals surface area (Å²) >= 11 is 0. The molecule has 1 aliphatic rings. The normalized spacial score (nSPS) is 13.1. The van der Waals surface area contributed by atoms with Gasteiger partial charge in [0.1, 0.15) is 5.75 Å². The highest BCUT2D eigenvalue weighted by molar-refractivity contribution is 7.89. The Morgan fingerprint density at radius 3 is 2.63 bits per heavy atom. The summed E-state index contributed by atoms with van der Waals surface area (Å²) in [6, 6.07) is 15.6. The second-order valence-electron chi connectivity index (χ2n) is 8.88. The van der Waals surface area contributed by atoms with Crippen LogP contribution in [-0.2, 0) is 29.3 Å². The van der Waals surface area contributed by atoms with Gasteiger partial charge in [0.2, 0.25) is 10.0 Å². The summed E-state index contributed by atoms with van der Waals surface area (Å²) < 4.78 is 36.6. The first-order chi connectivity index (χ1) is 16.5. The monoisotopic (exact) mass is 513 g/mol.